The number of nitrogens with two attached hydrogens (primary N) is 1. The first kappa shape index (κ1) is 42.1. The van der Waals surface area contributed by atoms with Crippen molar-refractivity contribution in [2.24, 2.45) is 34.3 Å². The molecule has 0 spiro atoms. The second-order valence-electron chi connectivity index (χ2n) is 15.5. The van der Waals surface area contributed by atoms with Gasteiger partial charge in [0.25, 0.3) is 5.91 Å². The number of benzene rings is 1. The van der Waals surface area contributed by atoms with Gasteiger partial charge in [-0.1, -0.05) is 93.7 Å². The minimum atomic E-state index is -1.15. The Morgan fingerprint density at radius 2 is 1.52 bits per heavy atom. The third kappa shape index (κ3) is 11.8. The number of esters is 1. The maximum Gasteiger partial charge on any atom is 0.329 e. The third-order valence-corrected chi connectivity index (χ3v) is 9.88. The van der Waals surface area contributed by atoms with E-state index < -0.39 is 82.2 Å². The number of amides is 5. The summed E-state index contributed by atoms with van der Waals surface area (Å²) in [7, 11) is 0. The fourth-order valence-electron chi connectivity index (χ4n) is 5.68. The summed E-state index contributed by atoms with van der Waals surface area (Å²) in [4.78, 5) is 81.3. The molecule has 0 aromatic heterocycles. The molecule has 1 saturated carbocycles. The molecule has 0 radical (unpaired) electrons. The summed E-state index contributed by atoms with van der Waals surface area (Å²) in [6.07, 6.45) is 2.71. The number of hydrogen-bond acceptors (Lipinski definition) is 7. The summed E-state index contributed by atoms with van der Waals surface area (Å²) in [6, 6.07) is 0.313. The Balaban J connectivity index is 2.37. The van der Waals surface area contributed by atoms with Gasteiger partial charge in [-0.25, -0.2) is 14.0 Å². The number of carbonyl (C=O) groups is 6. The Bertz CT molecular complexity index is 1370. The number of hydrogen-bond donors (Lipinski definition) is 4. The number of likely N-dealkylation sites (N-methyl/N-ethyl adjacent to an activating group) is 1. The highest BCUT2D eigenvalue weighted by Gasteiger charge is 2.46. The lowest BCUT2D eigenvalue weighted by Gasteiger charge is -2.44. The highest BCUT2D eigenvalue weighted by molar-refractivity contribution is 6.37. The van der Waals surface area contributed by atoms with E-state index in [4.69, 9.17) is 10.5 Å². The topological polar surface area (TPSA) is 177 Å². The molecule has 0 saturated heterocycles. The first-order chi connectivity index (χ1) is 23.1. The molecule has 0 aliphatic heterocycles. The number of ketones is 1. The molecule has 12 nitrogen and oxygen atoms in total. The smallest absolute Gasteiger partial charge is 0.329 e. The predicted octanol–water partition coefficient (Wildman–Crippen LogP) is 4.24. The second-order valence-corrected chi connectivity index (χ2v) is 15.5. The summed E-state index contributed by atoms with van der Waals surface area (Å²) < 4.78 is 18.7. The van der Waals surface area contributed by atoms with Crippen LogP contribution in [0.25, 0.3) is 0 Å². The summed E-state index contributed by atoms with van der Waals surface area (Å²) in [5.74, 6) is -4.88. The average molecular weight is 704 g/mol. The van der Waals surface area contributed by atoms with Crippen LogP contribution in [0, 0.1) is 34.4 Å². The van der Waals surface area contributed by atoms with Crippen molar-refractivity contribution in [3.05, 3.63) is 35.6 Å². The fraction of sp³-hybridized carbons (Fsp3) is 0.676. The molecular formula is C37H58FN5O7. The third-order valence-electron chi connectivity index (χ3n) is 9.88. The summed E-state index contributed by atoms with van der Waals surface area (Å²) >= 11 is 0. The van der Waals surface area contributed by atoms with Crippen molar-refractivity contribution >= 4 is 35.5 Å². The molecule has 0 bridgehead atoms. The van der Waals surface area contributed by atoms with Gasteiger partial charge in [0.05, 0.1) is 6.04 Å². The van der Waals surface area contributed by atoms with E-state index in [1.807, 2.05) is 27.7 Å². The Morgan fingerprint density at radius 1 is 0.940 bits per heavy atom. The lowest BCUT2D eigenvalue weighted by atomic mass is 9.73. The van der Waals surface area contributed by atoms with E-state index in [0.29, 0.717) is 12.0 Å². The van der Waals surface area contributed by atoms with Crippen molar-refractivity contribution in [3.8, 4) is 0 Å². The van der Waals surface area contributed by atoms with Crippen molar-refractivity contribution in [1.82, 2.24) is 20.9 Å². The number of halogens is 1. The molecule has 13 heteroatoms. The maximum atomic E-state index is 14.5. The van der Waals surface area contributed by atoms with E-state index in [9.17, 15) is 33.2 Å². The largest absolute Gasteiger partial charge is 0.459 e. The van der Waals surface area contributed by atoms with Gasteiger partial charge in [0.2, 0.25) is 17.6 Å². The normalized spacial score (nSPS) is 16.3. The van der Waals surface area contributed by atoms with Crippen molar-refractivity contribution in [1.29, 1.82) is 0 Å². The highest BCUT2D eigenvalue weighted by atomic mass is 19.1. The van der Waals surface area contributed by atoms with Gasteiger partial charge in [0.15, 0.2) is 0 Å². The molecule has 1 aromatic carbocycles. The number of urea groups is 1. The number of rotatable bonds is 18. The van der Waals surface area contributed by atoms with Crippen LogP contribution < -0.4 is 21.7 Å². The second kappa shape index (κ2) is 17.8. The zero-order chi connectivity index (χ0) is 38.1. The SMILES string of the molecule is CCN(C(=O)[C@@H](NC(=O)N[C@H](C(=O)OCc1ccc(F)cc1)C(C)C)C(C)(C)C)[C@H](C(=O)NC(CC1CC1)C(=O)C(N)=O)[C@H](C)C(C)(C)CC. The van der Waals surface area contributed by atoms with E-state index in [0.717, 1.165) is 12.8 Å². The molecule has 2 rings (SSSR count). The van der Waals surface area contributed by atoms with Crippen molar-refractivity contribution in [3.63, 3.8) is 0 Å². The van der Waals surface area contributed by atoms with Gasteiger partial charge >= 0.3 is 12.0 Å². The maximum absolute atomic E-state index is 14.5. The van der Waals surface area contributed by atoms with Crippen LogP contribution in [0.15, 0.2) is 24.3 Å². The lowest BCUT2D eigenvalue weighted by Crippen LogP contribution is -2.64. The first-order valence-corrected chi connectivity index (χ1v) is 17.6. The van der Waals surface area contributed by atoms with Gasteiger partial charge in [0.1, 0.15) is 30.5 Å². The number of nitrogens with one attached hydrogen (secondary N) is 3. The van der Waals surface area contributed by atoms with Gasteiger partial charge in [-0.15, -0.1) is 0 Å². The molecule has 1 aliphatic rings. The van der Waals surface area contributed by atoms with E-state index in [-0.39, 0.29) is 31.4 Å². The molecule has 1 unspecified atom stereocenters. The zero-order valence-electron chi connectivity index (χ0n) is 31.4. The Labute approximate surface area is 296 Å². The molecule has 1 fully saturated rings. The summed E-state index contributed by atoms with van der Waals surface area (Å²) in [6.45, 7) is 18.3. The number of primary amides is 1. The molecular weight excluding hydrogens is 645 g/mol. The average Bonchev–Trinajstić information content (AvgIpc) is 3.86. The summed E-state index contributed by atoms with van der Waals surface area (Å²) in [5.41, 5.74) is 4.62. The van der Waals surface area contributed by atoms with Crippen LogP contribution in [0.2, 0.25) is 0 Å². The van der Waals surface area contributed by atoms with Gasteiger partial charge in [-0.05, 0) is 59.6 Å². The first-order valence-electron chi connectivity index (χ1n) is 17.6. The van der Waals surface area contributed by atoms with Crippen LogP contribution in [-0.2, 0) is 35.3 Å². The lowest BCUT2D eigenvalue weighted by molar-refractivity contribution is -0.148. The molecule has 0 heterocycles. The minimum Gasteiger partial charge on any atom is -0.459 e. The predicted molar refractivity (Wildman–Crippen MR) is 188 cm³/mol. The van der Waals surface area contributed by atoms with Crippen LogP contribution in [-0.4, -0.2) is 71.1 Å². The van der Waals surface area contributed by atoms with Crippen LogP contribution in [0.1, 0.15) is 100 Å². The molecule has 280 valence electrons. The standard InChI is InChI=1S/C37H58FN5O7/c1-11-37(9,10)22(5)28(32(46)40-26(19-23-13-14-23)29(44)31(39)45)43(12-2)33(47)30(36(6,7)8)42-35(49)41-27(21(3)4)34(48)50-20-24-15-17-25(38)18-16-24/h15-18,21-23,26-28,30H,11-14,19-20H2,1-10H3,(H2,39,45)(H,40,46)(H2,41,42,49)/t22-,26?,27-,28-,30+/m0/s1. The monoisotopic (exact) mass is 703 g/mol. The number of ether oxygens (including phenoxy) is 1. The number of nitrogens with zero attached hydrogens (tertiary/aromatic N) is 1. The van der Waals surface area contributed by atoms with Gasteiger partial charge in [-0.3, -0.25) is 19.2 Å². The van der Waals surface area contributed by atoms with Crippen LogP contribution in [0.5, 0.6) is 0 Å². The molecule has 5 atom stereocenters. The zero-order valence-corrected chi connectivity index (χ0v) is 31.4. The van der Waals surface area contributed by atoms with E-state index in [2.05, 4.69) is 16.0 Å². The Hall–Kier alpha value is -4.03. The van der Waals surface area contributed by atoms with E-state index in [1.54, 1.807) is 41.5 Å². The van der Waals surface area contributed by atoms with Crippen molar-refractivity contribution < 1.29 is 37.9 Å². The van der Waals surface area contributed by atoms with Gasteiger partial charge in [0, 0.05) is 6.54 Å². The molecule has 1 aliphatic carbocycles. The Morgan fingerprint density at radius 3 is 1.98 bits per heavy atom. The molecule has 1 aromatic rings. The van der Waals surface area contributed by atoms with Crippen molar-refractivity contribution in [2.75, 3.05) is 6.54 Å². The van der Waals surface area contributed by atoms with Gasteiger partial charge < -0.3 is 31.3 Å². The highest BCUT2D eigenvalue weighted by Crippen LogP contribution is 2.37. The minimum absolute atomic E-state index is 0.0956. The van der Waals surface area contributed by atoms with Crippen molar-refractivity contribution in [2.45, 2.75) is 126 Å². The van der Waals surface area contributed by atoms with E-state index in [1.165, 1.54) is 29.2 Å². The van der Waals surface area contributed by atoms with Crippen LogP contribution in [0.3, 0.4) is 0 Å². The van der Waals surface area contributed by atoms with Crippen LogP contribution in [0.4, 0.5) is 9.18 Å². The summed E-state index contributed by atoms with van der Waals surface area (Å²) in [5, 5.41) is 8.15. The Kier molecular flexibility index (Phi) is 15.0. The molecule has 50 heavy (non-hydrogen) atoms. The van der Waals surface area contributed by atoms with Crippen LogP contribution >= 0.6 is 0 Å². The van der Waals surface area contributed by atoms with Gasteiger partial charge in [-0.2, -0.15) is 0 Å². The quantitative estimate of drug-likeness (QED) is 0.131. The molecule has 5 N–H and O–H groups in total. The number of carbonyl (C=O) groups excluding carboxylic acids is 6. The molecule has 5 amide bonds. The van der Waals surface area contributed by atoms with E-state index >= 15 is 0 Å². The fourth-order valence-corrected chi connectivity index (χ4v) is 5.68. The number of Topliss-reactive ketones (excluding diaryl/α,β-unsaturated/α-hetero) is 1.